The minimum absolute atomic E-state index is 0.0677. The van der Waals surface area contributed by atoms with Crippen LogP contribution >= 0.6 is 0 Å². The van der Waals surface area contributed by atoms with Crippen molar-refractivity contribution >= 4 is 5.91 Å². The van der Waals surface area contributed by atoms with Crippen LogP contribution in [0.25, 0.3) is 0 Å². The van der Waals surface area contributed by atoms with E-state index in [1.165, 1.54) is 0 Å². The standard InChI is InChI=1S/C19H29N3O3/c1-4-15(2)22-19(23)9-11-21-14-16-7-8-17(24-3)18(13-16)25-12-6-5-10-20/h7-8,13,15,21H,4-6,9,11-12,14H2,1-3H3,(H,22,23)/t15-/m0/s1. The van der Waals surface area contributed by atoms with Gasteiger partial charge in [-0.3, -0.25) is 4.79 Å². The average molecular weight is 347 g/mol. The molecule has 1 amide bonds. The van der Waals surface area contributed by atoms with Crippen molar-refractivity contribution in [3.05, 3.63) is 23.8 Å². The van der Waals surface area contributed by atoms with Crippen LogP contribution in [-0.2, 0) is 11.3 Å². The minimum Gasteiger partial charge on any atom is -0.493 e. The molecular weight excluding hydrogens is 318 g/mol. The average Bonchev–Trinajstić information content (AvgIpc) is 2.62. The van der Waals surface area contributed by atoms with Gasteiger partial charge in [0, 0.05) is 32.0 Å². The van der Waals surface area contributed by atoms with Gasteiger partial charge in [0.2, 0.25) is 5.91 Å². The molecule has 138 valence electrons. The van der Waals surface area contributed by atoms with Crippen LogP contribution in [0, 0.1) is 11.3 Å². The fraction of sp³-hybridized carbons (Fsp3) is 0.579. The van der Waals surface area contributed by atoms with Crippen LogP contribution in [0.3, 0.4) is 0 Å². The quantitative estimate of drug-likeness (QED) is 0.568. The summed E-state index contributed by atoms with van der Waals surface area (Å²) in [5.74, 6) is 1.42. The van der Waals surface area contributed by atoms with Crippen LogP contribution in [-0.4, -0.2) is 32.2 Å². The number of carbonyl (C=O) groups is 1. The first-order valence-electron chi connectivity index (χ1n) is 8.77. The minimum atomic E-state index is 0.0677. The molecule has 6 nitrogen and oxygen atoms in total. The zero-order valence-corrected chi connectivity index (χ0v) is 15.4. The molecule has 0 bridgehead atoms. The monoisotopic (exact) mass is 347 g/mol. The van der Waals surface area contributed by atoms with Crippen LogP contribution in [0.15, 0.2) is 18.2 Å². The van der Waals surface area contributed by atoms with Crippen molar-refractivity contribution in [2.24, 2.45) is 0 Å². The summed E-state index contributed by atoms with van der Waals surface area (Å²) in [7, 11) is 1.60. The van der Waals surface area contributed by atoms with E-state index in [1.54, 1.807) is 7.11 Å². The third kappa shape index (κ3) is 8.41. The molecule has 0 aromatic heterocycles. The van der Waals surface area contributed by atoms with E-state index in [1.807, 2.05) is 32.0 Å². The molecule has 1 atom stereocenters. The van der Waals surface area contributed by atoms with Gasteiger partial charge in [-0.05, 0) is 37.5 Å². The second-order valence-electron chi connectivity index (χ2n) is 5.90. The number of amides is 1. The number of nitrogens with one attached hydrogen (secondary N) is 2. The van der Waals surface area contributed by atoms with E-state index >= 15 is 0 Å². The molecule has 0 aliphatic heterocycles. The molecule has 0 radical (unpaired) electrons. The van der Waals surface area contributed by atoms with E-state index in [-0.39, 0.29) is 11.9 Å². The lowest BCUT2D eigenvalue weighted by atomic mass is 10.2. The molecule has 0 aliphatic rings. The summed E-state index contributed by atoms with van der Waals surface area (Å²) in [6, 6.07) is 8.08. The fourth-order valence-corrected chi connectivity index (χ4v) is 2.16. The SMILES string of the molecule is CC[C@H](C)NC(=O)CCNCc1ccc(OC)c(OCCCC#N)c1. The molecular formula is C19H29N3O3. The van der Waals surface area contributed by atoms with Gasteiger partial charge in [0.15, 0.2) is 11.5 Å². The molecule has 0 spiro atoms. The Morgan fingerprint density at radius 1 is 1.36 bits per heavy atom. The molecule has 1 aromatic carbocycles. The van der Waals surface area contributed by atoms with E-state index in [9.17, 15) is 4.79 Å². The van der Waals surface area contributed by atoms with Crippen LogP contribution in [0.2, 0.25) is 0 Å². The Balaban J connectivity index is 2.42. The maximum Gasteiger partial charge on any atom is 0.221 e. The van der Waals surface area contributed by atoms with E-state index in [2.05, 4.69) is 16.7 Å². The predicted molar refractivity (Wildman–Crippen MR) is 97.6 cm³/mol. The lowest BCUT2D eigenvalue weighted by molar-refractivity contribution is -0.121. The molecule has 2 N–H and O–H groups in total. The lowest BCUT2D eigenvalue weighted by Gasteiger charge is -2.13. The van der Waals surface area contributed by atoms with Crippen LogP contribution in [0.5, 0.6) is 11.5 Å². The van der Waals surface area contributed by atoms with Gasteiger partial charge in [0.05, 0.1) is 19.8 Å². The Kier molecular flexibility index (Phi) is 10.1. The number of unbranched alkanes of at least 4 members (excludes halogenated alkanes) is 1. The highest BCUT2D eigenvalue weighted by atomic mass is 16.5. The molecule has 6 heteroatoms. The molecule has 0 saturated heterocycles. The largest absolute Gasteiger partial charge is 0.493 e. The zero-order valence-electron chi connectivity index (χ0n) is 15.4. The topological polar surface area (TPSA) is 83.4 Å². The van der Waals surface area contributed by atoms with E-state index in [4.69, 9.17) is 14.7 Å². The molecule has 1 rings (SSSR count). The first kappa shape index (κ1) is 20.8. The van der Waals surface area contributed by atoms with Crippen molar-refractivity contribution in [3.8, 4) is 17.6 Å². The highest BCUT2D eigenvalue weighted by Crippen LogP contribution is 2.28. The van der Waals surface area contributed by atoms with Crippen molar-refractivity contribution < 1.29 is 14.3 Å². The smallest absolute Gasteiger partial charge is 0.221 e. The Morgan fingerprint density at radius 2 is 2.16 bits per heavy atom. The first-order chi connectivity index (χ1) is 12.1. The molecule has 0 unspecified atom stereocenters. The molecule has 1 aromatic rings. The Bertz CT molecular complexity index is 570. The number of ether oxygens (including phenoxy) is 2. The summed E-state index contributed by atoms with van der Waals surface area (Å²) in [5.41, 5.74) is 1.05. The molecule has 0 heterocycles. The zero-order chi connectivity index (χ0) is 18.5. The van der Waals surface area contributed by atoms with Crippen LogP contribution in [0.4, 0.5) is 0 Å². The van der Waals surface area contributed by atoms with Gasteiger partial charge in [-0.2, -0.15) is 5.26 Å². The van der Waals surface area contributed by atoms with Gasteiger partial charge in [-0.25, -0.2) is 0 Å². The van der Waals surface area contributed by atoms with Gasteiger partial charge >= 0.3 is 0 Å². The summed E-state index contributed by atoms with van der Waals surface area (Å²) in [6.45, 7) is 5.80. The third-order valence-corrected chi connectivity index (χ3v) is 3.80. The summed E-state index contributed by atoms with van der Waals surface area (Å²) in [4.78, 5) is 11.7. The molecule has 0 fully saturated rings. The normalized spacial score (nSPS) is 11.4. The fourth-order valence-electron chi connectivity index (χ4n) is 2.16. The Morgan fingerprint density at radius 3 is 2.84 bits per heavy atom. The summed E-state index contributed by atoms with van der Waals surface area (Å²) < 4.78 is 11.0. The Hall–Kier alpha value is -2.26. The van der Waals surface area contributed by atoms with Gasteiger partial charge in [0.25, 0.3) is 0 Å². The van der Waals surface area contributed by atoms with Gasteiger partial charge < -0.3 is 20.1 Å². The van der Waals surface area contributed by atoms with Crippen LogP contribution < -0.4 is 20.1 Å². The van der Waals surface area contributed by atoms with E-state index in [0.717, 1.165) is 12.0 Å². The van der Waals surface area contributed by atoms with Gasteiger partial charge in [-0.1, -0.05) is 13.0 Å². The number of nitrogens with zero attached hydrogens (tertiary/aromatic N) is 1. The van der Waals surface area contributed by atoms with Crippen molar-refractivity contribution in [3.63, 3.8) is 0 Å². The van der Waals surface area contributed by atoms with Gasteiger partial charge in [0.1, 0.15) is 0 Å². The number of benzene rings is 1. The molecule has 0 saturated carbocycles. The summed E-state index contributed by atoms with van der Waals surface area (Å²) in [6.07, 6.45) is 2.55. The second-order valence-corrected chi connectivity index (χ2v) is 5.90. The third-order valence-electron chi connectivity index (χ3n) is 3.80. The van der Waals surface area contributed by atoms with Crippen molar-refractivity contribution in [1.29, 1.82) is 5.26 Å². The maximum atomic E-state index is 11.7. The summed E-state index contributed by atoms with van der Waals surface area (Å²) in [5, 5.41) is 14.8. The van der Waals surface area contributed by atoms with Crippen LogP contribution in [0.1, 0.15) is 45.1 Å². The first-order valence-corrected chi connectivity index (χ1v) is 8.77. The number of nitriles is 1. The summed E-state index contributed by atoms with van der Waals surface area (Å²) >= 11 is 0. The van der Waals surface area contributed by atoms with Crippen molar-refractivity contribution in [2.75, 3.05) is 20.3 Å². The lowest BCUT2D eigenvalue weighted by Crippen LogP contribution is -2.33. The number of methoxy groups -OCH3 is 1. The second kappa shape index (κ2) is 12.2. The van der Waals surface area contributed by atoms with E-state index in [0.29, 0.717) is 50.5 Å². The number of rotatable bonds is 12. The number of carbonyl (C=O) groups excluding carboxylic acids is 1. The highest BCUT2D eigenvalue weighted by Gasteiger charge is 2.07. The molecule has 0 aliphatic carbocycles. The Labute approximate surface area is 150 Å². The number of hydrogen-bond donors (Lipinski definition) is 2. The van der Waals surface area contributed by atoms with Crippen molar-refractivity contribution in [1.82, 2.24) is 10.6 Å². The molecule has 25 heavy (non-hydrogen) atoms. The van der Waals surface area contributed by atoms with Gasteiger partial charge in [-0.15, -0.1) is 0 Å². The number of hydrogen-bond acceptors (Lipinski definition) is 5. The van der Waals surface area contributed by atoms with E-state index < -0.39 is 0 Å². The predicted octanol–water partition coefficient (Wildman–Crippen LogP) is 2.77. The maximum absolute atomic E-state index is 11.7. The highest BCUT2D eigenvalue weighted by molar-refractivity contribution is 5.76. The van der Waals surface area contributed by atoms with Crippen molar-refractivity contribution in [2.45, 2.75) is 52.1 Å².